The summed E-state index contributed by atoms with van der Waals surface area (Å²) in [6, 6.07) is 24.7. The minimum Gasteiger partial charge on any atom is -0.332 e. The van der Waals surface area contributed by atoms with Gasteiger partial charge in [-0.2, -0.15) is 0 Å². The standard InChI is InChI=1S/C25H25N3O2S/c1-3-22(29)27-21-16-20(15-14-17(21)2)26-25(31)28-24(30)23(18-10-6-4-7-11-18)19-12-8-5-9-13-19/h4-16,23H,3H2,1-2H3,(H,27,29)(H2,26,28,30,31). The van der Waals surface area contributed by atoms with Crippen molar-refractivity contribution in [3.05, 3.63) is 95.6 Å². The fraction of sp³-hybridized carbons (Fsp3) is 0.160. The third-order valence-electron chi connectivity index (χ3n) is 4.86. The van der Waals surface area contributed by atoms with Crippen LogP contribution in [0.5, 0.6) is 0 Å². The van der Waals surface area contributed by atoms with Crippen LogP contribution in [0, 0.1) is 6.92 Å². The van der Waals surface area contributed by atoms with Crippen LogP contribution in [0.1, 0.15) is 36.0 Å². The van der Waals surface area contributed by atoms with E-state index >= 15 is 0 Å². The number of carbonyl (C=O) groups is 2. The number of thiocarbonyl (C=S) groups is 1. The first-order chi connectivity index (χ1) is 15.0. The van der Waals surface area contributed by atoms with E-state index in [1.54, 1.807) is 13.0 Å². The fourth-order valence-electron chi connectivity index (χ4n) is 3.21. The molecule has 0 aromatic heterocycles. The van der Waals surface area contributed by atoms with Gasteiger partial charge in [0.1, 0.15) is 0 Å². The van der Waals surface area contributed by atoms with Gasteiger partial charge in [0, 0.05) is 17.8 Å². The maximum atomic E-state index is 13.2. The minimum absolute atomic E-state index is 0.0651. The number of nitrogens with one attached hydrogen (secondary N) is 3. The molecule has 0 atom stereocenters. The molecule has 0 saturated carbocycles. The summed E-state index contributed by atoms with van der Waals surface area (Å²) < 4.78 is 0. The highest BCUT2D eigenvalue weighted by Gasteiger charge is 2.23. The molecule has 2 amide bonds. The Morgan fingerprint density at radius 2 is 1.45 bits per heavy atom. The quantitative estimate of drug-likeness (QED) is 0.481. The van der Waals surface area contributed by atoms with Crippen LogP contribution in [-0.2, 0) is 9.59 Å². The van der Waals surface area contributed by atoms with Crippen LogP contribution in [0.4, 0.5) is 11.4 Å². The Kier molecular flexibility index (Phi) is 7.51. The lowest BCUT2D eigenvalue weighted by Gasteiger charge is -2.19. The van der Waals surface area contributed by atoms with Gasteiger partial charge in [0.15, 0.2) is 5.11 Å². The van der Waals surface area contributed by atoms with Crippen molar-refractivity contribution in [3.63, 3.8) is 0 Å². The predicted octanol–water partition coefficient (Wildman–Crippen LogP) is 4.99. The van der Waals surface area contributed by atoms with E-state index in [0.717, 1.165) is 16.7 Å². The summed E-state index contributed by atoms with van der Waals surface area (Å²) in [5.74, 6) is -0.772. The van der Waals surface area contributed by atoms with Gasteiger partial charge in [0.05, 0.1) is 5.92 Å². The second-order valence-electron chi connectivity index (χ2n) is 7.13. The number of benzene rings is 3. The normalized spacial score (nSPS) is 10.4. The van der Waals surface area contributed by atoms with E-state index in [-0.39, 0.29) is 16.9 Å². The Hall–Kier alpha value is -3.51. The molecule has 0 unspecified atom stereocenters. The van der Waals surface area contributed by atoms with Gasteiger partial charge in [0.25, 0.3) is 0 Å². The third kappa shape index (κ3) is 5.99. The summed E-state index contributed by atoms with van der Waals surface area (Å²) in [6.07, 6.45) is 0.395. The van der Waals surface area contributed by atoms with Crippen molar-refractivity contribution >= 4 is 40.5 Å². The predicted molar refractivity (Wildman–Crippen MR) is 129 cm³/mol. The number of aryl methyl sites for hydroxylation is 1. The molecule has 0 radical (unpaired) electrons. The highest BCUT2D eigenvalue weighted by atomic mass is 32.1. The summed E-state index contributed by atoms with van der Waals surface area (Å²) in [7, 11) is 0. The van der Waals surface area contributed by atoms with Gasteiger partial charge in [-0.25, -0.2) is 0 Å². The molecule has 31 heavy (non-hydrogen) atoms. The lowest BCUT2D eigenvalue weighted by Crippen LogP contribution is -2.37. The SMILES string of the molecule is CCC(=O)Nc1cc(NC(=S)NC(=O)C(c2ccccc2)c2ccccc2)ccc1C. The topological polar surface area (TPSA) is 70.2 Å². The fourth-order valence-corrected chi connectivity index (χ4v) is 3.42. The number of hydrogen-bond donors (Lipinski definition) is 3. The van der Waals surface area contributed by atoms with Gasteiger partial charge in [-0.15, -0.1) is 0 Å². The highest BCUT2D eigenvalue weighted by Crippen LogP contribution is 2.25. The molecule has 0 saturated heterocycles. The Bertz CT molecular complexity index is 1030. The maximum Gasteiger partial charge on any atom is 0.238 e. The number of amides is 2. The number of rotatable bonds is 6. The number of carbonyl (C=O) groups excluding carboxylic acids is 2. The van der Waals surface area contributed by atoms with Gasteiger partial charge in [-0.1, -0.05) is 73.7 Å². The zero-order valence-corrected chi connectivity index (χ0v) is 18.3. The first kappa shape index (κ1) is 22.2. The molecule has 0 aliphatic carbocycles. The van der Waals surface area contributed by atoms with Crippen molar-refractivity contribution in [2.75, 3.05) is 10.6 Å². The largest absolute Gasteiger partial charge is 0.332 e. The van der Waals surface area contributed by atoms with Crippen LogP contribution in [0.15, 0.2) is 78.9 Å². The highest BCUT2D eigenvalue weighted by molar-refractivity contribution is 7.80. The molecule has 5 nitrogen and oxygen atoms in total. The summed E-state index contributed by atoms with van der Waals surface area (Å²) in [5.41, 5.74) is 4.09. The zero-order chi connectivity index (χ0) is 22.2. The Labute approximate surface area is 187 Å². The van der Waals surface area contributed by atoms with Crippen molar-refractivity contribution < 1.29 is 9.59 Å². The molecule has 0 aliphatic heterocycles. The molecule has 6 heteroatoms. The van der Waals surface area contributed by atoms with Gasteiger partial charge < -0.3 is 16.0 Å². The second kappa shape index (κ2) is 10.5. The van der Waals surface area contributed by atoms with E-state index in [0.29, 0.717) is 17.8 Å². The van der Waals surface area contributed by atoms with Crippen LogP contribution in [0.25, 0.3) is 0 Å². The van der Waals surface area contributed by atoms with Gasteiger partial charge in [-0.3, -0.25) is 9.59 Å². The zero-order valence-electron chi connectivity index (χ0n) is 17.5. The molecule has 3 aromatic rings. The minimum atomic E-state index is -0.487. The molecule has 0 heterocycles. The molecule has 0 bridgehead atoms. The van der Waals surface area contributed by atoms with Crippen LogP contribution in [0.3, 0.4) is 0 Å². The Morgan fingerprint density at radius 3 is 2.00 bits per heavy atom. The van der Waals surface area contributed by atoms with Gasteiger partial charge in [-0.05, 0) is 48.0 Å². The van der Waals surface area contributed by atoms with Crippen molar-refractivity contribution in [3.8, 4) is 0 Å². The smallest absolute Gasteiger partial charge is 0.238 e. The van der Waals surface area contributed by atoms with E-state index in [4.69, 9.17) is 12.2 Å². The maximum absolute atomic E-state index is 13.2. The van der Waals surface area contributed by atoms with E-state index < -0.39 is 5.92 Å². The van der Waals surface area contributed by atoms with Crippen molar-refractivity contribution in [1.29, 1.82) is 0 Å². The monoisotopic (exact) mass is 431 g/mol. The van der Waals surface area contributed by atoms with Crippen molar-refractivity contribution in [1.82, 2.24) is 5.32 Å². The van der Waals surface area contributed by atoms with Gasteiger partial charge >= 0.3 is 0 Å². The summed E-state index contributed by atoms with van der Waals surface area (Å²) in [4.78, 5) is 24.9. The van der Waals surface area contributed by atoms with E-state index in [1.807, 2.05) is 79.7 Å². The average molecular weight is 432 g/mol. The second-order valence-corrected chi connectivity index (χ2v) is 7.54. The third-order valence-corrected chi connectivity index (χ3v) is 5.06. The van der Waals surface area contributed by atoms with Crippen LogP contribution >= 0.6 is 12.2 Å². The van der Waals surface area contributed by atoms with E-state index in [2.05, 4.69) is 16.0 Å². The molecular weight excluding hydrogens is 406 g/mol. The molecule has 3 aromatic carbocycles. The molecule has 158 valence electrons. The van der Waals surface area contributed by atoms with Crippen LogP contribution < -0.4 is 16.0 Å². The molecule has 0 spiro atoms. The first-order valence-electron chi connectivity index (χ1n) is 10.1. The van der Waals surface area contributed by atoms with Crippen molar-refractivity contribution in [2.45, 2.75) is 26.2 Å². The summed E-state index contributed by atoms with van der Waals surface area (Å²) in [6.45, 7) is 3.72. The van der Waals surface area contributed by atoms with Gasteiger partial charge in [0.2, 0.25) is 11.8 Å². The first-order valence-corrected chi connectivity index (χ1v) is 10.5. The van der Waals surface area contributed by atoms with E-state index in [1.165, 1.54) is 0 Å². The Balaban J connectivity index is 1.75. The summed E-state index contributed by atoms with van der Waals surface area (Å²) >= 11 is 5.39. The molecular formula is C25H25N3O2S. The number of anilines is 2. The van der Waals surface area contributed by atoms with Crippen LogP contribution in [-0.4, -0.2) is 16.9 Å². The molecule has 3 rings (SSSR count). The average Bonchev–Trinajstić information content (AvgIpc) is 2.77. The Morgan fingerprint density at radius 1 is 0.871 bits per heavy atom. The molecule has 0 fully saturated rings. The lowest BCUT2D eigenvalue weighted by atomic mass is 9.90. The molecule has 3 N–H and O–H groups in total. The lowest BCUT2D eigenvalue weighted by molar-refractivity contribution is -0.120. The number of hydrogen-bond acceptors (Lipinski definition) is 3. The molecule has 0 aliphatic rings. The summed E-state index contributed by atoms with van der Waals surface area (Å²) in [5, 5.41) is 8.90. The van der Waals surface area contributed by atoms with Crippen LogP contribution in [0.2, 0.25) is 0 Å². The van der Waals surface area contributed by atoms with E-state index in [9.17, 15) is 9.59 Å². The van der Waals surface area contributed by atoms with Crippen molar-refractivity contribution in [2.24, 2.45) is 0 Å².